The van der Waals surface area contributed by atoms with Gasteiger partial charge in [-0.2, -0.15) is 18.3 Å². The third kappa shape index (κ3) is 4.07. The highest BCUT2D eigenvalue weighted by molar-refractivity contribution is 5.85. The average Bonchev–Trinajstić information content (AvgIpc) is 3.29. The number of nitrogens with zero attached hydrogens (tertiary/aromatic N) is 3. The number of hydrogen-bond donors (Lipinski definition) is 1. The molecule has 4 nitrogen and oxygen atoms in total. The highest BCUT2D eigenvalue weighted by Crippen LogP contribution is 2.40. The number of halogens is 4. The summed E-state index contributed by atoms with van der Waals surface area (Å²) in [5.74, 6) is -0.781. The Bertz CT molecular complexity index is 1600. The summed E-state index contributed by atoms with van der Waals surface area (Å²) in [6, 6.07) is 19.9. The molecule has 0 unspecified atom stereocenters. The number of rotatable bonds is 4. The fourth-order valence-electron chi connectivity index (χ4n) is 4.86. The van der Waals surface area contributed by atoms with Crippen LogP contribution in [0.4, 0.5) is 17.6 Å². The molecule has 2 N–H and O–H groups in total. The summed E-state index contributed by atoms with van der Waals surface area (Å²) in [7, 11) is 0. The Kier molecular flexibility index (Phi) is 5.38. The molecular formula is C29H22F4N4. The molecule has 2 heterocycles. The number of hydrogen-bond acceptors (Lipinski definition) is 3. The molecule has 0 radical (unpaired) electrons. The molecular weight excluding hydrogens is 480 g/mol. The van der Waals surface area contributed by atoms with E-state index < -0.39 is 17.6 Å². The number of benzene rings is 3. The molecule has 1 aliphatic carbocycles. The van der Waals surface area contributed by atoms with Gasteiger partial charge >= 0.3 is 6.18 Å². The maximum absolute atomic E-state index is 14.8. The van der Waals surface area contributed by atoms with Gasteiger partial charge in [0.1, 0.15) is 5.82 Å². The molecule has 0 atom stereocenters. The molecule has 0 amide bonds. The molecule has 0 aliphatic heterocycles. The van der Waals surface area contributed by atoms with Crippen LogP contribution in [0.25, 0.3) is 39.2 Å². The van der Waals surface area contributed by atoms with Gasteiger partial charge in [-0.3, -0.25) is 0 Å². The SMILES string of the molecule is NC1(c2ccc(-c3nc4c(-c5cc(C(F)(F)F)ccc5F)cnn4cc3-c3ccccc3)cc2)CCC1. The van der Waals surface area contributed by atoms with E-state index in [4.69, 9.17) is 10.7 Å². The molecule has 1 aliphatic rings. The minimum atomic E-state index is -4.60. The van der Waals surface area contributed by atoms with Gasteiger partial charge in [0.15, 0.2) is 5.65 Å². The van der Waals surface area contributed by atoms with Crippen molar-refractivity contribution in [2.45, 2.75) is 31.0 Å². The van der Waals surface area contributed by atoms with E-state index in [1.165, 1.54) is 10.7 Å². The van der Waals surface area contributed by atoms with Crippen LogP contribution in [0.3, 0.4) is 0 Å². The number of fused-ring (bicyclic) bond motifs is 1. The molecule has 3 aromatic carbocycles. The summed E-state index contributed by atoms with van der Waals surface area (Å²) < 4.78 is 56.3. The molecule has 37 heavy (non-hydrogen) atoms. The van der Waals surface area contributed by atoms with Crippen molar-refractivity contribution in [3.8, 4) is 33.5 Å². The van der Waals surface area contributed by atoms with Crippen LogP contribution in [0.15, 0.2) is 85.2 Å². The van der Waals surface area contributed by atoms with E-state index in [1.807, 2.05) is 54.6 Å². The largest absolute Gasteiger partial charge is 0.416 e. The zero-order valence-electron chi connectivity index (χ0n) is 19.6. The zero-order valence-corrected chi connectivity index (χ0v) is 19.6. The third-order valence-electron chi connectivity index (χ3n) is 7.14. The Labute approximate surface area is 210 Å². The van der Waals surface area contributed by atoms with E-state index in [1.54, 1.807) is 6.20 Å². The Hall–Kier alpha value is -4.04. The van der Waals surface area contributed by atoms with Crippen molar-refractivity contribution in [3.05, 3.63) is 102 Å². The zero-order chi connectivity index (χ0) is 25.8. The Morgan fingerprint density at radius 3 is 2.22 bits per heavy atom. The number of aromatic nitrogens is 3. The normalized spacial score (nSPS) is 15.1. The molecule has 8 heteroatoms. The molecule has 0 bridgehead atoms. The molecule has 2 aromatic heterocycles. The lowest BCUT2D eigenvalue weighted by atomic mass is 9.72. The minimum absolute atomic E-state index is 0.177. The van der Waals surface area contributed by atoms with Crippen molar-refractivity contribution in [1.82, 2.24) is 14.6 Å². The first-order valence-electron chi connectivity index (χ1n) is 11.9. The van der Waals surface area contributed by atoms with E-state index in [0.29, 0.717) is 5.69 Å². The van der Waals surface area contributed by atoms with E-state index in [0.717, 1.165) is 59.7 Å². The summed E-state index contributed by atoms with van der Waals surface area (Å²) in [4.78, 5) is 4.84. The first-order chi connectivity index (χ1) is 17.7. The van der Waals surface area contributed by atoms with Gasteiger partial charge in [0.05, 0.1) is 17.5 Å². The van der Waals surface area contributed by atoms with Crippen LogP contribution in [0, 0.1) is 5.82 Å². The summed E-state index contributed by atoms with van der Waals surface area (Å²) in [6.45, 7) is 0. The summed E-state index contributed by atoms with van der Waals surface area (Å²) in [6.07, 6.45) is 1.49. The topological polar surface area (TPSA) is 56.2 Å². The van der Waals surface area contributed by atoms with Crippen molar-refractivity contribution in [2.75, 3.05) is 0 Å². The lowest BCUT2D eigenvalue weighted by molar-refractivity contribution is -0.137. The van der Waals surface area contributed by atoms with Gasteiger partial charge in [0, 0.05) is 34.0 Å². The first-order valence-corrected chi connectivity index (χ1v) is 11.9. The van der Waals surface area contributed by atoms with Crippen LogP contribution in [0.1, 0.15) is 30.4 Å². The fraction of sp³-hybridized carbons (Fsp3) is 0.172. The third-order valence-corrected chi connectivity index (χ3v) is 7.14. The predicted molar refractivity (Wildman–Crippen MR) is 134 cm³/mol. The maximum atomic E-state index is 14.8. The molecule has 1 fully saturated rings. The number of alkyl halides is 3. The van der Waals surface area contributed by atoms with Crippen molar-refractivity contribution in [1.29, 1.82) is 0 Å². The standard InChI is InChI=1S/C29H22F4N4/c30-25-12-11-21(29(31,32)33)15-22(25)23-16-35-37-17-24(18-5-2-1-3-6-18)26(36-27(23)37)19-7-9-20(10-8-19)28(34)13-4-14-28/h1-3,5-12,15-17H,4,13-14,34H2. The molecule has 0 saturated heterocycles. The molecule has 0 spiro atoms. The Morgan fingerprint density at radius 1 is 0.838 bits per heavy atom. The predicted octanol–water partition coefficient (Wildman–Crippen LogP) is 7.23. The van der Waals surface area contributed by atoms with Crippen LogP contribution in [-0.4, -0.2) is 14.6 Å². The summed E-state index contributed by atoms with van der Waals surface area (Å²) >= 11 is 0. The second-order valence-electron chi connectivity index (χ2n) is 9.48. The van der Waals surface area contributed by atoms with Crippen molar-refractivity contribution >= 4 is 5.65 Å². The second kappa shape index (κ2) is 8.52. The molecule has 5 aromatic rings. The monoisotopic (exact) mass is 502 g/mol. The van der Waals surface area contributed by atoms with Crippen LogP contribution < -0.4 is 5.73 Å². The van der Waals surface area contributed by atoms with Gasteiger partial charge in [-0.1, -0.05) is 54.6 Å². The summed E-state index contributed by atoms with van der Waals surface area (Å²) in [5.41, 5.74) is 9.63. The van der Waals surface area contributed by atoms with E-state index >= 15 is 0 Å². The van der Waals surface area contributed by atoms with Gasteiger partial charge in [-0.25, -0.2) is 13.9 Å². The van der Waals surface area contributed by atoms with Crippen LogP contribution in [-0.2, 0) is 11.7 Å². The summed E-state index contributed by atoms with van der Waals surface area (Å²) in [5, 5.41) is 4.30. The second-order valence-corrected chi connectivity index (χ2v) is 9.48. The van der Waals surface area contributed by atoms with Crippen molar-refractivity contribution < 1.29 is 17.6 Å². The van der Waals surface area contributed by atoms with E-state index in [2.05, 4.69) is 5.10 Å². The minimum Gasteiger partial charge on any atom is -0.321 e. The fourth-order valence-corrected chi connectivity index (χ4v) is 4.86. The lowest BCUT2D eigenvalue weighted by Crippen LogP contribution is -2.43. The van der Waals surface area contributed by atoms with Crippen molar-refractivity contribution in [3.63, 3.8) is 0 Å². The first kappa shape index (κ1) is 23.4. The van der Waals surface area contributed by atoms with Crippen molar-refractivity contribution in [2.24, 2.45) is 5.73 Å². The van der Waals surface area contributed by atoms with E-state index in [9.17, 15) is 17.6 Å². The van der Waals surface area contributed by atoms with Gasteiger partial charge in [-0.05, 0) is 48.6 Å². The highest BCUT2D eigenvalue weighted by Gasteiger charge is 2.34. The number of nitrogens with two attached hydrogens (primary N) is 1. The van der Waals surface area contributed by atoms with Gasteiger partial charge < -0.3 is 5.73 Å². The Morgan fingerprint density at radius 2 is 1.57 bits per heavy atom. The van der Waals surface area contributed by atoms with Crippen LogP contribution in [0.2, 0.25) is 0 Å². The maximum Gasteiger partial charge on any atom is 0.416 e. The van der Waals surface area contributed by atoms with Gasteiger partial charge in [-0.15, -0.1) is 0 Å². The van der Waals surface area contributed by atoms with Crippen LogP contribution in [0.5, 0.6) is 0 Å². The van der Waals surface area contributed by atoms with E-state index in [-0.39, 0.29) is 22.3 Å². The molecule has 6 rings (SSSR count). The van der Waals surface area contributed by atoms with Gasteiger partial charge in [0.2, 0.25) is 0 Å². The highest BCUT2D eigenvalue weighted by atomic mass is 19.4. The molecule has 1 saturated carbocycles. The Balaban J connectivity index is 1.54. The quantitative estimate of drug-likeness (QED) is 0.264. The average molecular weight is 503 g/mol. The smallest absolute Gasteiger partial charge is 0.321 e. The van der Waals surface area contributed by atoms with Crippen LogP contribution >= 0.6 is 0 Å². The van der Waals surface area contributed by atoms with Gasteiger partial charge in [0.25, 0.3) is 0 Å². The lowest BCUT2D eigenvalue weighted by Gasteiger charge is -2.38. The molecule has 186 valence electrons.